The van der Waals surface area contributed by atoms with Gasteiger partial charge in [-0.05, 0) is 32.3 Å². The van der Waals surface area contributed by atoms with Crippen LogP contribution in [-0.2, 0) is 11.3 Å². The molecule has 1 amide bonds. The van der Waals surface area contributed by atoms with E-state index in [1.807, 2.05) is 49.1 Å². The molecule has 7 heteroatoms. The molecule has 5 nitrogen and oxygen atoms in total. The lowest BCUT2D eigenvalue weighted by atomic mass is 10.2. The Morgan fingerprint density at radius 3 is 2.79 bits per heavy atom. The number of rotatable bonds is 8. The standard InChI is InChI=1S/C17H22N4OS2/c1-3-21(11-13-7-5-4-6-8-13)15(22)12(2)23-17-20-19-16(24-17)18-14-9-10-14/h4-8,12,14H,3,9-11H2,1-2H3,(H,18,19). The van der Waals surface area contributed by atoms with Crippen molar-refractivity contribution in [1.82, 2.24) is 15.1 Å². The van der Waals surface area contributed by atoms with E-state index in [0.29, 0.717) is 19.1 Å². The van der Waals surface area contributed by atoms with Crippen molar-refractivity contribution in [2.45, 2.75) is 48.9 Å². The van der Waals surface area contributed by atoms with E-state index in [1.165, 1.54) is 35.9 Å². The van der Waals surface area contributed by atoms with Gasteiger partial charge < -0.3 is 10.2 Å². The summed E-state index contributed by atoms with van der Waals surface area (Å²) in [4.78, 5) is 14.6. The number of thioether (sulfide) groups is 1. The second-order valence-corrected chi connectivity index (χ2v) is 8.46. The molecular weight excluding hydrogens is 340 g/mol. The molecule has 1 heterocycles. The fourth-order valence-electron chi connectivity index (χ4n) is 2.33. The third-order valence-electron chi connectivity index (χ3n) is 3.85. The van der Waals surface area contributed by atoms with Crippen LogP contribution in [0.15, 0.2) is 34.7 Å². The summed E-state index contributed by atoms with van der Waals surface area (Å²) in [6, 6.07) is 10.7. The van der Waals surface area contributed by atoms with Gasteiger partial charge in [-0.25, -0.2) is 0 Å². The lowest BCUT2D eigenvalue weighted by Crippen LogP contribution is -2.35. The van der Waals surface area contributed by atoms with Crippen molar-refractivity contribution >= 4 is 34.1 Å². The summed E-state index contributed by atoms with van der Waals surface area (Å²) >= 11 is 3.02. The summed E-state index contributed by atoms with van der Waals surface area (Å²) in [6.07, 6.45) is 2.42. The Bertz CT molecular complexity index is 672. The topological polar surface area (TPSA) is 58.1 Å². The summed E-state index contributed by atoms with van der Waals surface area (Å²) in [6.45, 7) is 5.30. The van der Waals surface area contributed by atoms with Crippen LogP contribution in [0.4, 0.5) is 5.13 Å². The quantitative estimate of drug-likeness (QED) is 0.727. The van der Waals surface area contributed by atoms with E-state index in [9.17, 15) is 4.79 Å². The molecule has 24 heavy (non-hydrogen) atoms. The Morgan fingerprint density at radius 2 is 2.12 bits per heavy atom. The minimum absolute atomic E-state index is 0.137. The van der Waals surface area contributed by atoms with E-state index in [2.05, 4.69) is 15.5 Å². The van der Waals surface area contributed by atoms with Crippen LogP contribution in [0.25, 0.3) is 0 Å². The van der Waals surface area contributed by atoms with Crippen molar-refractivity contribution in [3.8, 4) is 0 Å². The third-order valence-corrected chi connectivity index (χ3v) is 5.87. The molecule has 1 aromatic carbocycles. The summed E-state index contributed by atoms with van der Waals surface area (Å²) in [7, 11) is 0. The Balaban J connectivity index is 1.56. The van der Waals surface area contributed by atoms with Crippen LogP contribution in [0.5, 0.6) is 0 Å². The van der Waals surface area contributed by atoms with E-state index < -0.39 is 0 Å². The van der Waals surface area contributed by atoms with Gasteiger partial charge in [-0.3, -0.25) is 4.79 Å². The summed E-state index contributed by atoms with van der Waals surface area (Å²) in [5.41, 5.74) is 1.15. The smallest absolute Gasteiger partial charge is 0.236 e. The fourth-order valence-corrected chi connectivity index (χ4v) is 4.38. The number of aromatic nitrogens is 2. The molecule has 128 valence electrons. The lowest BCUT2D eigenvalue weighted by Gasteiger charge is -2.23. The highest BCUT2D eigenvalue weighted by Crippen LogP contribution is 2.32. The average molecular weight is 363 g/mol. The number of carbonyl (C=O) groups excluding carboxylic acids is 1. The van der Waals surface area contributed by atoms with Crippen LogP contribution in [0.3, 0.4) is 0 Å². The second kappa shape index (κ2) is 7.98. The minimum atomic E-state index is -0.171. The highest BCUT2D eigenvalue weighted by Gasteiger charge is 2.24. The molecule has 0 spiro atoms. The molecule has 1 N–H and O–H groups in total. The molecule has 1 atom stereocenters. The van der Waals surface area contributed by atoms with Gasteiger partial charge in [0.15, 0.2) is 4.34 Å². The van der Waals surface area contributed by atoms with E-state index in [1.54, 1.807) is 0 Å². The molecule has 0 bridgehead atoms. The number of nitrogens with zero attached hydrogens (tertiary/aromatic N) is 3. The number of anilines is 1. The van der Waals surface area contributed by atoms with Gasteiger partial charge >= 0.3 is 0 Å². The zero-order valence-electron chi connectivity index (χ0n) is 13.9. The zero-order chi connectivity index (χ0) is 16.9. The third kappa shape index (κ3) is 4.70. The number of amides is 1. The van der Waals surface area contributed by atoms with Crippen molar-refractivity contribution in [1.29, 1.82) is 0 Å². The number of benzene rings is 1. The van der Waals surface area contributed by atoms with Gasteiger partial charge in [0, 0.05) is 19.1 Å². The first-order valence-corrected chi connectivity index (χ1v) is 9.94. The highest BCUT2D eigenvalue weighted by molar-refractivity contribution is 8.02. The normalized spacial score (nSPS) is 15.1. The average Bonchev–Trinajstić information content (AvgIpc) is 3.31. The molecule has 0 aliphatic heterocycles. The van der Waals surface area contributed by atoms with Crippen LogP contribution in [0, 0.1) is 0 Å². The molecule has 1 fully saturated rings. The Labute approximate surface area is 150 Å². The van der Waals surface area contributed by atoms with Crippen molar-refractivity contribution in [2.75, 3.05) is 11.9 Å². The van der Waals surface area contributed by atoms with Crippen LogP contribution in [0.2, 0.25) is 0 Å². The van der Waals surface area contributed by atoms with E-state index in [-0.39, 0.29) is 11.2 Å². The monoisotopic (exact) mass is 362 g/mol. The Morgan fingerprint density at radius 1 is 1.38 bits per heavy atom. The molecule has 1 saturated carbocycles. The first-order chi connectivity index (χ1) is 11.7. The molecule has 1 unspecified atom stereocenters. The minimum Gasteiger partial charge on any atom is -0.357 e. The predicted molar refractivity (Wildman–Crippen MR) is 99.4 cm³/mol. The molecular formula is C17H22N4OS2. The molecule has 0 radical (unpaired) electrons. The Hall–Kier alpha value is -1.60. The van der Waals surface area contributed by atoms with Crippen LogP contribution < -0.4 is 5.32 Å². The van der Waals surface area contributed by atoms with E-state index >= 15 is 0 Å². The second-order valence-electron chi connectivity index (χ2n) is 5.89. The molecule has 1 aliphatic rings. The highest BCUT2D eigenvalue weighted by atomic mass is 32.2. The van der Waals surface area contributed by atoms with Crippen LogP contribution >= 0.6 is 23.1 Å². The number of hydrogen-bond donors (Lipinski definition) is 1. The van der Waals surface area contributed by atoms with Gasteiger partial charge in [-0.15, -0.1) is 10.2 Å². The predicted octanol–water partition coefficient (Wildman–Crippen LogP) is 3.64. The maximum atomic E-state index is 12.7. The maximum Gasteiger partial charge on any atom is 0.236 e. The number of hydrogen-bond acceptors (Lipinski definition) is 6. The molecule has 1 aliphatic carbocycles. The maximum absolute atomic E-state index is 12.7. The summed E-state index contributed by atoms with van der Waals surface area (Å²) in [5.74, 6) is 0.137. The van der Waals surface area contributed by atoms with Crippen molar-refractivity contribution in [2.24, 2.45) is 0 Å². The zero-order valence-corrected chi connectivity index (χ0v) is 15.6. The van der Waals surface area contributed by atoms with E-state index in [4.69, 9.17) is 0 Å². The first kappa shape index (κ1) is 17.2. The Kier molecular flexibility index (Phi) is 5.73. The van der Waals surface area contributed by atoms with Gasteiger partial charge in [0.2, 0.25) is 11.0 Å². The molecule has 1 aromatic heterocycles. The van der Waals surface area contributed by atoms with Gasteiger partial charge in [-0.1, -0.05) is 53.4 Å². The van der Waals surface area contributed by atoms with Gasteiger partial charge in [-0.2, -0.15) is 0 Å². The van der Waals surface area contributed by atoms with Gasteiger partial charge in [0.05, 0.1) is 5.25 Å². The largest absolute Gasteiger partial charge is 0.357 e. The molecule has 0 saturated heterocycles. The molecule has 2 aromatic rings. The fraction of sp³-hybridized carbons (Fsp3) is 0.471. The van der Waals surface area contributed by atoms with Gasteiger partial charge in [0.1, 0.15) is 0 Å². The van der Waals surface area contributed by atoms with Gasteiger partial charge in [0.25, 0.3) is 0 Å². The lowest BCUT2D eigenvalue weighted by molar-refractivity contribution is -0.130. The number of carbonyl (C=O) groups is 1. The van der Waals surface area contributed by atoms with Crippen molar-refractivity contribution < 1.29 is 4.79 Å². The van der Waals surface area contributed by atoms with Crippen LogP contribution in [0.1, 0.15) is 32.3 Å². The summed E-state index contributed by atoms with van der Waals surface area (Å²) < 4.78 is 0.842. The first-order valence-electron chi connectivity index (χ1n) is 8.25. The van der Waals surface area contributed by atoms with Crippen molar-refractivity contribution in [3.05, 3.63) is 35.9 Å². The molecule has 3 rings (SSSR count). The van der Waals surface area contributed by atoms with E-state index in [0.717, 1.165) is 15.0 Å². The SMILES string of the molecule is CCN(Cc1ccccc1)C(=O)C(C)Sc1nnc(NC2CC2)s1. The number of nitrogens with one attached hydrogen (secondary N) is 1. The van der Waals surface area contributed by atoms with Crippen LogP contribution in [-0.4, -0.2) is 38.8 Å². The van der Waals surface area contributed by atoms with Crippen molar-refractivity contribution in [3.63, 3.8) is 0 Å². The summed E-state index contributed by atoms with van der Waals surface area (Å²) in [5, 5.41) is 12.4.